The number of methoxy groups -OCH3 is 1. The first-order valence-electron chi connectivity index (χ1n) is 18.4. The van der Waals surface area contributed by atoms with E-state index in [0.29, 0.717) is 28.6 Å². The Labute approximate surface area is 344 Å². The number of benzene rings is 4. The van der Waals surface area contributed by atoms with E-state index in [-0.39, 0.29) is 30.3 Å². The standard InChI is InChI=1S/C44H41N5O7S2/c1-54-34-23-21-29(22-24-34)26-56-42(53)38-30(14-12-13-25-50)27-57-41-37(40(52)49(38)41)46-39(51)36(48-55-2)35-28-58-43(45-35)47-44(31-15-6-3-7-16-31,32-17-8-4-9-18-32)33-19-10-5-11-20-33/h3-13,15-24,28,37,41,50H,14,25-27H2,1-2H3,(H,45,47)(H,46,51)/b13-12+,48-36-/t37-,41+/m1/s1. The van der Waals surface area contributed by atoms with Gasteiger partial charge < -0.3 is 30.1 Å². The summed E-state index contributed by atoms with van der Waals surface area (Å²) in [6.45, 7) is -0.177. The molecule has 12 nitrogen and oxygen atoms in total. The van der Waals surface area contributed by atoms with Crippen molar-refractivity contribution >= 4 is 51.7 Å². The number of allylic oxidation sites excluding steroid dienone is 1. The molecule has 14 heteroatoms. The second-order valence-electron chi connectivity index (χ2n) is 13.2. The van der Waals surface area contributed by atoms with E-state index in [1.54, 1.807) is 48.9 Å². The average molecular weight is 816 g/mol. The molecule has 0 spiro atoms. The van der Waals surface area contributed by atoms with Crippen molar-refractivity contribution in [1.82, 2.24) is 15.2 Å². The van der Waals surface area contributed by atoms with Gasteiger partial charge in [0.1, 0.15) is 47.8 Å². The van der Waals surface area contributed by atoms with Gasteiger partial charge in [-0.3, -0.25) is 14.5 Å². The molecule has 0 bridgehead atoms. The lowest BCUT2D eigenvalue weighted by molar-refractivity contribution is -0.153. The van der Waals surface area contributed by atoms with E-state index >= 15 is 0 Å². The molecule has 296 valence electrons. The van der Waals surface area contributed by atoms with Gasteiger partial charge in [0, 0.05) is 11.1 Å². The number of anilines is 1. The second-order valence-corrected chi connectivity index (χ2v) is 15.2. The maximum Gasteiger partial charge on any atom is 0.355 e. The molecule has 2 atom stereocenters. The molecule has 0 aliphatic carbocycles. The van der Waals surface area contributed by atoms with Gasteiger partial charge in [-0.15, -0.1) is 23.1 Å². The van der Waals surface area contributed by atoms with Gasteiger partial charge in [-0.05, 0) is 46.4 Å². The van der Waals surface area contributed by atoms with Gasteiger partial charge in [0.15, 0.2) is 10.8 Å². The molecule has 58 heavy (non-hydrogen) atoms. The molecule has 0 unspecified atom stereocenters. The molecular formula is C44H41N5O7S2. The summed E-state index contributed by atoms with van der Waals surface area (Å²) in [5, 5.41) is 21.5. The highest BCUT2D eigenvalue weighted by Gasteiger charge is 2.54. The van der Waals surface area contributed by atoms with Gasteiger partial charge in [-0.1, -0.05) is 120 Å². The first kappa shape index (κ1) is 40.0. The van der Waals surface area contributed by atoms with Gasteiger partial charge in [0.05, 0.1) is 13.7 Å². The Morgan fingerprint density at radius 3 is 2.10 bits per heavy atom. The number of carbonyl (C=O) groups excluding carboxylic acids is 3. The number of thiazole rings is 1. The van der Waals surface area contributed by atoms with Crippen molar-refractivity contribution in [2.75, 3.05) is 31.9 Å². The van der Waals surface area contributed by atoms with Crippen molar-refractivity contribution in [2.24, 2.45) is 5.16 Å². The van der Waals surface area contributed by atoms with Crippen LogP contribution in [-0.2, 0) is 36.1 Å². The van der Waals surface area contributed by atoms with Crippen molar-refractivity contribution in [3.05, 3.63) is 172 Å². The first-order valence-corrected chi connectivity index (χ1v) is 20.4. The van der Waals surface area contributed by atoms with Gasteiger partial charge >= 0.3 is 5.97 Å². The van der Waals surface area contributed by atoms with Gasteiger partial charge in [-0.25, -0.2) is 9.78 Å². The van der Waals surface area contributed by atoms with Crippen LogP contribution in [0.15, 0.2) is 149 Å². The third-order valence-corrected chi connectivity index (χ3v) is 11.8. The van der Waals surface area contributed by atoms with E-state index < -0.39 is 34.7 Å². The van der Waals surface area contributed by atoms with E-state index in [1.165, 1.54) is 35.1 Å². The van der Waals surface area contributed by atoms with Crippen molar-refractivity contribution in [2.45, 2.75) is 30.0 Å². The Bertz CT molecular complexity index is 2220. The molecule has 5 aromatic rings. The fourth-order valence-corrected chi connectivity index (χ4v) is 9.07. The van der Waals surface area contributed by atoms with Crippen molar-refractivity contribution < 1.29 is 33.8 Å². The summed E-state index contributed by atoms with van der Waals surface area (Å²) in [7, 11) is 2.90. The summed E-state index contributed by atoms with van der Waals surface area (Å²) in [6.07, 6.45) is 3.65. The number of thioether (sulfide) groups is 1. The highest BCUT2D eigenvalue weighted by molar-refractivity contribution is 8.00. The first-order chi connectivity index (χ1) is 28.4. The molecule has 2 amide bonds. The number of aliphatic hydroxyl groups is 1. The number of nitrogens with one attached hydrogen (secondary N) is 2. The Morgan fingerprint density at radius 2 is 1.53 bits per heavy atom. The zero-order valence-electron chi connectivity index (χ0n) is 31.7. The Kier molecular flexibility index (Phi) is 12.7. The summed E-state index contributed by atoms with van der Waals surface area (Å²) in [5.74, 6) is -0.726. The molecule has 0 radical (unpaired) electrons. The minimum absolute atomic E-state index is 0.0173. The summed E-state index contributed by atoms with van der Waals surface area (Å²) < 4.78 is 10.9. The number of carbonyl (C=O) groups is 3. The molecule has 1 aromatic heterocycles. The largest absolute Gasteiger partial charge is 0.497 e. The topological polar surface area (TPSA) is 152 Å². The zero-order chi connectivity index (χ0) is 40.5. The number of oxime groups is 1. The van der Waals surface area contributed by atoms with E-state index in [1.807, 2.05) is 54.6 Å². The second kappa shape index (κ2) is 18.4. The number of esters is 1. The van der Waals surface area contributed by atoms with Crippen LogP contribution in [0.4, 0.5) is 5.13 Å². The van der Waals surface area contributed by atoms with Crippen molar-refractivity contribution in [3.63, 3.8) is 0 Å². The number of hydrogen-bond donors (Lipinski definition) is 3. The van der Waals surface area contributed by atoms with Crippen LogP contribution in [0.25, 0.3) is 0 Å². The van der Waals surface area contributed by atoms with Crippen LogP contribution in [0, 0.1) is 0 Å². The molecule has 1 fully saturated rings. The Balaban J connectivity index is 1.11. The van der Waals surface area contributed by atoms with Crippen molar-refractivity contribution in [1.29, 1.82) is 0 Å². The lowest BCUT2D eigenvalue weighted by Gasteiger charge is -2.49. The summed E-state index contributed by atoms with van der Waals surface area (Å²) >= 11 is 2.72. The SMILES string of the molecule is CO/N=C(\C(=O)N[C@@H]1C(=O)N2C(C(=O)OCc3ccc(OC)cc3)=C(C/C=C/CO)CS[C@@H]12)c1csc(NC(c2ccccc2)(c2ccccc2)c2ccccc2)n1. The molecular weight excluding hydrogens is 775 g/mol. The van der Waals surface area contributed by atoms with E-state index in [9.17, 15) is 19.5 Å². The average Bonchev–Trinajstić information content (AvgIpc) is 3.74. The van der Waals surface area contributed by atoms with Crippen LogP contribution in [0.3, 0.4) is 0 Å². The highest BCUT2D eigenvalue weighted by Crippen LogP contribution is 2.43. The fourth-order valence-electron chi connectivity index (χ4n) is 6.95. The summed E-state index contributed by atoms with van der Waals surface area (Å²) in [5.41, 5.74) is 3.77. The van der Waals surface area contributed by atoms with Gasteiger partial charge in [-0.2, -0.15) is 0 Å². The Morgan fingerprint density at radius 1 is 0.914 bits per heavy atom. The molecule has 2 aliphatic heterocycles. The van der Waals surface area contributed by atoms with Crippen LogP contribution in [0.2, 0.25) is 0 Å². The molecule has 4 aromatic carbocycles. The predicted octanol–water partition coefficient (Wildman–Crippen LogP) is 6.24. The molecule has 7 rings (SSSR count). The fraction of sp³-hybridized carbons (Fsp3) is 0.205. The summed E-state index contributed by atoms with van der Waals surface area (Å²) in [6, 6.07) is 36.4. The lowest BCUT2D eigenvalue weighted by atomic mass is 9.77. The maximum absolute atomic E-state index is 14.0. The monoisotopic (exact) mass is 815 g/mol. The smallest absolute Gasteiger partial charge is 0.355 e. The minimum Gasteiger partial charge on any atom is -0.497 e. The molecule has 0 saturated carbocycles. The summed E-state index contributed by atoms with van der Waals surface area (Å²) in [4.78, 5) is 52.8. The third-order valence-electron chi connectivity index (χ3n) is 9.75. The molecule has 1 saturated heterocycles. The highest BCUT2D eigenvalue weighted by atomic mass is 32.2. The van der Waals surface area contributed by atoms with Crippen LogP contribution >= 0.6 is 23.1 Å². The van der Waals surface area contributed by atoms with Crippen LogP contribution in [0.5, 0.6) is 5.75 Å². The van der Waals surface area contributed by atoms with Gasteiger partial charge in [0.25, 0.3) is 11.8 Å². The number of aromatic nitrogens is 1. The number of amides is 2. The third kappa shape index (κ3) is 8.26. The normalized spacial score (nSPS) is 16.7. The van der Waals surface area contributed by atoms with Crippen LogP contribution < -0.4 is 15.4 Å². The predicted molar refractivity (Wildman–Crippen MR) is 224 cm³/mol. The van der Waals surface area contributed by atoms with E-state index in [4.69, 9.17) is 19.3 Å². The maximum atomic E-state index is 14.0. The molecule has 3 heterocycles. The van der Waals surface area contributed by atoms with Crippen LogP contribution in [-0.4, -0.2) is 76.5 Å². The van der Waals surface area contributed by atoms with E-state index in [0.717, 1.165) is 22.3 Å². The number of rotatable bonds is 16. The number of aliphatic hydroxyl groups excluding tert-OH is 1. The quantitative estimate of drug-likeness (QED) is 0.0261. The van der Waals surface area contributed by atoms with Gasteiger partial charge in [0.2, 0.25) is 0 Å². The number of nitrogens with zero attached hydrogens (tertiary/aromatic N) is 3. The zero-order valence-corrected chi connectivity index (χ0v) is 33.4. The lowest BCUT2D eigenvalue weighted by Crippen LogP contribution is -2.71. The van der Waals surface area contributed by atoms with Crippen LogP contribution in [0.1, 0.15) is 34.4 Å². The number of hydrogen-bond acceptors (Lipinski definition) is 12. The molecule has 3 N–H and O–H groups in total. The number of ether oxygens (including phenoxy) is 2. The van der Waals surface area contributed by atoms with Crippen molar-refractivity contribution in [3.8, 4) is 5.75 Å². The number of fused-ring (bicyclic) bond motifs is 1. The van der Waals surface area contributed by atoms with E-state index in [2.05, 4.69) is 52.2 Å². The minimum atomic E-state index is -0.961. The molecule has 2 aliphatic rings. The Hall–Kier alpha value is -6.22. The number of β-lactam (4-membered cyclic amide) rings is 1.